The molecule has 3 saturated carbocycles. The van der Waals surface area contributed by atoms with Crippen molar-refractivity contribution in [2.75, 3.05) is 0 Å². The van der Waals surface area contributed by atoms with Crippen molar-refractivity contribution >= 4 is 11.8 Å². The molecule has 25 heavy (non-hydrogen) atoms. The lowest BCUT2D eigenvalue weighted by atomic mass is 9.46. The van der Waals surface area contributed by atoms with Crippen LogP contribution in [0.4, 0.5) is 4.39 Å². The lowest BCUT2D eigenvalue weighted by Crippen LogP contribution is -2.60. The zero-order valence-electron chi connectivity index (χ0n) is 15.2. The second-order valence-electron chi connectivity index (χ2n) is 9.26. The highest BCUT2D eigenvalue weighted by molar-refractivity contribution is 6.01. The van der Waals surface area contributed by atoms with Gasteiger partial charge in [0.15, 0.2) is 5.78 Å². The van der Waals surface area contributed by atoms with Gasteiger partial charge in [-0.25, -0.2) is 4.39 Å². The molecule has 4 aliphatic rings. The summed E-state index contributed by atoms with van der Waals surface area (Å²) >= 11 is 0. The van der Waals surface area contributed by atoms with E-state index in [9.17, 15) is 14.7 Å². The highest BCUT2D eigenvalue weighted by atomic mass is 19.1. The van der Waals surface area contributed by atoms with Gasteiger partial charge in [0.2, 0.25) is 0 Å². The fourth-order valence-electron chi connectivity index (χ4n) is 6.98. The molecule has 0 bridgehead atoms. The first-order valence-electron chi connectivity index (χ1n) is 9.49. The van der Waals surface area contributed by atoms with Gasteiger partial charge in [0.1, 0.15) is 5.67 Å². The van der Waals surface area contributed by atoms with Crippen LogP contribution in [0.15, 0.2) is 23.8 Å². The van der Waals surface area contributed by atoms with Crippen molar-refractivity contribution < 1.29 is 19.1 Å². The molecule has 0 aromatic heterocycles. The summed E-state index contributed by atoms with van der Waals surface area (Å²) in [6.07, 6.45) is 8.17. The van der Waals surface area contributed by atoms with E-state index < -0.39 is 17.1 Å². The van der Waals surface area contributed by atoms with E-state index in [1.165, 1.54) is 6.08 Å². The number of carbonyl (C=O) groups is 2. The number of fused-ring (bicyclic) bond motifs is 5. The largest absolute Gasteiger partial charge is 0.481 e. The fourth-order valence-corrected chi connectivity index (χ4v) is 6.98. The van der Waals surface area contributed by atoms with Gasteiger partial charge in [0.05, 0.1) is 5.92 Å². The van der Waals surface area contributed by atoms with Gasteiger partial charge in [0, 0.05) is 5.41 Å². The normalized spacial score (nSPS) is 51.4. The zero-order chi connectivity index (χ0) is 18.2. The summed E-state index contributed by atoms with van der Waals surface area (Å²) in [5, 5.41) is 9.76. The molecule has 136 valence electrons. The number of hydrogen-bond donors (Lipinski definition) is 1. The van der Waals surface area contributed by atoms with E-state index in [0.29, 0.717) is 12.8 Å². The Balaban J connectivity index is 1.77. The molecule has 1 N–H and O–H groups in total. The lowest BCUT2D eigenvalue weighted by molar-refractivity contribution is -0.157. The third-order valence-corrected chi connectivity index (χ3v) is 8.27. The van der Waals surface area contributed by atoms with Gasteiger partial charge in [-0.2, -0.15) is 0 Å². The van der Waals surface area contributed by atoms with E-state index in [4.69, 9.17) is 0 Å². The van der Waals surface area contributed by atoms with Crippen molar-refractivity contribution in [2.45, 2.75) is 58.5 Å². The molecule has 7 atom stereocenters. The Kier molecular flexibility index (Phi) is 3.43. The van der Waals surface area contributed by atoms with Gasteiger partial charge in [-0.15, -0.1) is 0 Å². The van der Waals surface area contributed by atoms with Gasteiger partial charge in [-0.1, -0.05) is 25.5 Å². The summed E-state index contributed by atoms with van der Waals surface area (Å²) in [6, 6.07) is 0. The maximum Gasteiger partial charge on any atom is 0.307 e. The molecule has 0 amide bonds. The van der Waals surface area contributed by atoms with Gasteiger partial charge < -0.3 is 5.11 Å². The number of hydrogen-bond acceptors (Lipinski definition) is 2. The average Bonchev–Trinajstić information content (AvgIpc) is 2.80. The molecule has 0 spiro atoms. The quantitative estimate of drug-likeness (QED) is 0.769. The number of carboxylic acid groups (broad SMARTS) is 1. The van der Waals surface area contributed by atoms with Crippen molar-refractivity contribution in [3.8, 4) is 0 Å². The summed E-state index contributed by atoms with van der Waals surface area (Å²) in [5.41, 5.74) is -1.51. The van der Waals surface area contributed by atoms with Crippen molar-refractivity contribution in [2.24, 2.45) is 34.5 Å². The molecule has 0 heterocycles. The maximum absolute atomic E-state index is 16.6. The summed E-state index contributed by atoms with van der Waals surface area (Å²) < 4.78 is 16.6. The Morgan fingerprint density at radius 3 is 2.68 bits per heavy atom. The number of allylic oxidation sites excluding steroid dienone is 4. The third kappa shape index (κ3) is 1.97. The first-order chi connectivity index (χ1) is 11.6. The molecule has 4 heteroatoms. The summed E-state index contributed by atoms with van der Waals surface area (Å²) in [5.74, 6) is -1.09. The van der Waals surface area contributed by atoms with Crippen LogP contribution in [-0.2, 0) is 9.59 Å². The van der Waals surface area contributed by atoms with Gasteiger partial charge in [0.25, 0.3) is 0 Å². The van der Waals surface area contributed by atoms with E-state index >= 15 is 4.39 Å². The summed E-state index contributed by atoms with van der Waals surface area (Å²) in [4.78, 5) is 23.7. The predicted octanol–water partition coefficient (Wildman–Crippen LogP) is 4.33. The molecule has 0 aromatic carbocycles. The predicted molar refractivity (Wildman–Crippen MR) is 92.6 cm³/mol. The number of halogens is 1. The molecule has 4 rings (SSSR count). The van der Waals surface area contributed by atoms with Gasteiger partial charge >= 0.3 is 5.97 Å². The number of carbonyl (C=O) groups excluding carboxylic acids is 1. The Morgan fingerprint density at radius 2 is 2.00 bits per heavy atom. The van der Waals surface area contributed by atoms with Crippen LogP contribution in [0.3, 0.4) is 0 Å². The van der Waals surface area contributed by atoms with Gasteiger partial charge in [-0.3, -0.25) is 9.59 Å². The summed E-state index contributed by atoms with van der Waals surface area (Å²) in [6.45, 7) is 6.02. The lowest BCUT2D eigenvalue weighted by Gasteiger charge is -2.60. The van der Waals surface area contributed by atoms with Crippen LogP contribution in [0.5, 0.6) is 0 Å². The van der Waals surface area contributed by atoms with Gasteiger partial charge in [-0.05, 0) is 74.3 Å². The van der Waals surface area contributed by atoms with Crippen LogP contribution in [0.25, 0.3) is 0 Å². The molecule has 0 aliphatic heterocycles. The van der Waals surface area contributed by atoms with Crippen LogP contribution in [0.1, 0.15) is 52.9 Å². The Hall–Kier alpha value is -1.45. The van der Waals surface area contributed by atoms with Crippen LogP contribution in [-0.4, -0.2) is 22.5 Å². The number of rotatable bonds is 1. The van der Waals surface area contributed by atoms with Crippen molar-refractivity contribution in [3.05, 3.63) is 23.8 Å². The topological polar surface area (TPSA) is 54.4 Å². The number of ketones is 1. The molecule has 0 radical (unpaired) electrons. The SMILES string of the molecule is C[C@@H]1CC2C3CCC4=CC(=O)C=C[C@]4(C)[C@@]3(F)CC[C@]2(C)[C@H]1C(=O)O. The van der Waals surface area contributed by atoms with Crippen molar-refractivity contribution in [3.63, 3.8) is 0 Å². The Morgan fingerprint density at radius 1 is 1.28 bits per heavy atom. The second kappa shape index (κ2) is 5.05. The Labute approximate surface area is 148 Å². The molecule has 2 unspecified atom stereocenters. The van der Waals surface area contributed by atoms with E-state index in [-0.39, 0.29) is 34.9 Å². The van der Waals surface area contributed by atoms with Crippen LogP contribution in [0.2, 0.25) is 0 Å². The molecule has 3 fully saturated rings. The van der Waals surface area contributed by atoms with Crippen LogP contribution >= 0.6 is 0 Å². The minimum atomic E-state index is -1.38. The monoisotopic (exact) mass is 346 g/mol. The highest BCUT2D eigenvalue weighted by Crippen LogP contribution is 2.69. The molecule has 0 saturated heterocycles. The average molecular weight is 346 g/mol. The number of carboxylic acids is 1. The van der Waals surface area contributed by atoms with E-state index in [2.05, 4.69) is 6.92 Å². The minimum absolute atomic E-state index is 0.0457. The minimum Gasteiger partial charge on any atom is -0.481 e. The molecule has 4 aliphatic carbocycles. The van der Waals surface area contributed by atoms with Crippen molar-refractivity contribution in [1.29, 1.82) is 0 Å². The third-order valence-electron chi connectivity index (χ3n) is 8.27. The first-order valence-corrected chi connectivity index (χ1v) is 9.49. The molecule has 3 nitrogen and oxygen atoms in total. The van der Waals surface area contributed by atoms with Crippen LogP contribution < -0.4 is 0 Å². The second-order valence-corrected chi connectivity index (χ2v) is 9.26. The number of alkyl halides is 1. The van der Waals surface area contributed by atoms with E-state index in [0.717, 1.165) is 24.8 Å². The van der Waals surface area contributed by atoms with Crippen LogP contribution in [0, 0.1) is 34.5 Å². The molecular formula is C21H27FO3. The smallest absolute Gasteiger partial charge is 0.307 e. The zero-order valence-corrected chi connectivity index (χ0v) is 15.2. The summed E-state index contributed by atoms with van der Waals surface area (Å²) in [7, 11) is 0. The van der Waals surface area contributed by atoms with E-state index in [1.54, 1.807) is 12.2 Å². The maximum atomic E-state index is 16.6. The first kappa shape index (κ1) is 17.0. The van der Waals surface area contributed by atoms with Crippen molar-refractivity contribution in [1.82, 2.24) is 0 Å². The highest BCUT2D eigenvalue weighted by Gasteiger charge is 2.68. The standard InChI is InChI=1S/C21H27FO3/c1-12-10-16-15-5-4-13-11-14(23)6-7-20(13,3)21(15,22)9-8-19(16,2)17(12)18(24)25/h6-7,11-12,15-17H,4-5,8-10H2,1-3H3,(H,24,25)/t12-,15?,16?,17-,19+,20+,21-/m1/s1. The number of aliphatic carboxylic acids is 1. The molecule has 0 aromatic rings. The Bertz CT molecular complexity index is 710. The molecular weight excluding hydrogens is 319 g/mol. The fraction of sp³-hybridized carbons (Fsp3) is 0.714. The van der Waals surface area contributed by atoms with E-state index in [1.807, 2.05) is 13.8 Å².